The molecule has 0 saturated carbocycles. The van der Waals surface area contributed by atoms with Crippen molar-refractivity contribution in [1.29, 1.82) is 0 Å². The number of carbonyl (C=O) groups is 2. The van der Waals surface area contributed by atoms with Crippen LogP contribution < -0.4 is 15.0 Å². The third-order valence-electron chi connectivity index (χ3n) is 5.47. The van der Waals surface area contributed by atoms with Crippen molar-refractivity contribution in [2.24, 2.45) is 0 Å². The maximum absolute atomic E-state index is 12.9. The van der Waals surface area contributed by atoms with Gasteiger partial charge in [-0.05, 0) is 37.3 Å². The number of H-pyrrole nitrogens is 1. The summed E-state index contributed by atoms with van der Waals surface area (Å²) in [5.41, 5.74) is 3.29. The zero-order valence-electron chi connectivity index (χ0n) is 18.6. The lowest BCUT2D eigenvalue weighted by molar-refractivity contribution is -0.116. The molecule has 2 aromatic heterocycles. The van der Waals surface area contributed by atoms with Gasteiger partial charge in [-0.3, -0.25) is 9.59 Å². The molecule has 0 spiro atoms. The Kier molecular flexibility index (Phi) is 5.51. The van der Waals surface area contributed by atoms with Gasteiger partial charge in [-0.15, -0.1) is 5.10 Å². The highest BCUT2D eigenvalue weighted by Crippen LogP contribution is 2.35. The number of hydrogen-bond acceptors (Lipinski definition) is 8. The van der Waals surface area contributed by atoms with E-state index in [1.54, 1.807) is 39.2 Å². The second-order valence-electron chi connectivity index (χ2n) is 7.88. The minimum atomic E-state index is -0.194. The van der Waals surface area contributed by atoms with Crippen LogP contribution in [0.15, 0.2) is 18.2 Å². The summed E-state index contributed by atoms with van der Waals surface area (Å²) in [5, 5.41) is 21.1. The number of likely N-dealkylation sites (N-methyl/N-ethyl adjacent to an activating group) is 1. The monoisotopic (exact) mass is 439 g/mol. The summed E-state index contributed by atoms with van der Waals surface area (Å²) >= 11 is 0. The van der Waals surface area contributed by atoms with E-state index in [9.17, 15) is 9.59 Å². The second kappa shape index (κ2) is 8.29. The van der Waals surface area contributed by atoms with Crippen LogP contribution in [-0.4, -0.2) is 80.9 Å². The molecule has 3 aromatic rings. The number of rotatable bonds is 5. The van der Waals surface area contributed by atoms with E-state index >= 15 is 0 Å². The fraction of sp³-hybridized carbons (Fsp3) is 0.400. The van der Waals surface area contributed by atoms with Crippen LogP contribution in [0.2, 0.25) is 0 Å². The second-order valence-corrected chi connectivity index (χ2v) is 7.88. The Hall–Kier alpha value is -3.96. The fourth-order valence-corrected chi connectivity index (χ4v) is 3.67. The van der Waals surface area contributed by atoms with Crippen LogP contribution in [-0.2, 0) is 4.79 Å². The van der Waals surface area contributed by atoms with Crippen molar-refractivity contribution < 1.29 is 14.3 Å². The van der Waals surface area contributed by atoms with Crippen LogP contribution in [0.5, 0.6) is 5.75 Å². The molecule has 32 heavy (non-hydrogen) atoms. The molecule has 1 aliphatic heterocycles. The number of aromatic nitrogens is 6. The van der Waals surface area contributed by atoms with E-state index in [4.69, 9.17) is 4.74 Å². The molecule has 3 heterocycles. The SMILES string of the molecule is Cc1nn(-c2nn[nH]n2)c(C)c1NC(=O)CC1COc2ccc(C(=O)N(C)C)cc2N1C. The Morgan fingerprint density at radius 1 is 1.31 bits per heavy atom. The van der Waals surface area contributed by atoms with E-state index in [1.165, 1.54) is 9.58 Å². The van der Waals surface area contributed by atoms with Gasteiger partial charge in [-0.25, -0.2) is 0 Å². The van der Waals surface area contributed by atoms with Crippen molar-refractivity contribution in [3.05, 3.63) is 35.2 Å². The Morgan fingerprint density at radius 2 is 2.09 bits per heavy atom. The van der Waals surface area contributed by atoms with E-state index in [2.05, 4.69) is 31.0 Å². The highest BCUT2D eigenvalue weighted by Gasteiger charge is 2.28. The number of carbonyl (C=O) groups excluding carboxylic acids is 2. The minimum absolute atomic E-state index is 0.0920. The van der Waals surface area contributed by atoms with Gasteiger partial charge in [0.05, 0.1) is 35.2 Å². The highest BCUT2D eigenvalue weighted by molar-refractivity contribution is 5.96. The Labute approximate surface area is 184 Å². The summed E-state index contributed by atoms with van der Waals surface area (Å²) < 4.78 is 7.38. The van der Waals surface area contributed by atoms with Crippen molar-refractivity contribution in [1.82, 2.24) is 35.3 Å². The maximum Gasteiger partial charge on any atom is 0.290 e. The molecule has 1 unspecified atom stereocenters. The predicted octanol–water partition coefficient (Wildman–Crippen LogP) is 0.930. The molecule has 0 fully saturated rings. The molecule has 0 aliphatic carbocycles. The van der Waals surface area contributed by atoms with Crippen LogP contribution in [0.25, 0.3) is 5.95 Å². The Bertz CT molecular complexity index is 1150. The first kappa shape index (κ1) is 21.3. The lowest BCUT2D eigenvalue weighted by atomic mass is 10.1. The number of nitrogens with one attached hydrogen (secondary N) is 2. The van der Waals surface area contributed by atoms with Crippen LogP contribution in [0, 0.1) is 13.8 Å². The van der Waals surface area contributed by atoms with E-state index in [0.717, 1.165) is 5.69 Å². The standard InChI is InChI=1S/C20H25N9O3/c1-11-18(12(2)29(24-11)20-22-25-26-23-20)21-17(30)9-14-10-32-16-7-6-13(19(31)27(3)4)8-15(16)28(14)5/h6-8,14H,9-10H2,1-5H3,(H,21,30)(H,22,23,25,26). The fourth-order valence-electron chi connectivity index (χ4n) is 3.67. The van der Waals surface area contributed by atoms with Crippen molar-refractivity contribution in [2.45, 2.75) is 26.3 Å². The van der Waals surface area contributed by atoms with Crippen molar-refractivity contribution in [2.75, 3.05) is 38.0 Å². The molecule has 168 valence electrons. The number of aryl methyl sites for hydroxylation is 1. The number of nitrogens with zero attached hydrogens (tertiary/aromatic N) is 7. The molecule has 0 radical (unpaired) electrons. The molecule has 1 aromatic carbocycles. The van der Waals surface area contributed by atoms with Gasteiger partial charge in [0.25, 0.3) is 11.9 Å². The number of benzene rings is 1. The van der Waals surface area contributed by atoms with E-state index in [-0.39, 0.29) is 24.3 Å². The number of anilines is 2. The molecule has 0 saturated heterocycles. The highest BCUT2D eigenvalue weighted by atomic mass is 16.5. The first-order valence-corrected chi connectivity index (χ1v) is 10.1. The minimum Gasteiger partial charge on any atom is -0.489 e. The van der Waals surface area contributed by atoms with E-state index in [1.807, 2.05) is 18.9 Å². The summed E-state index contributed by atoms with van der Waals surface area (Å²) in [6.07, 6.45) is 0.202. The Morgan fingerprint density at radius 3 is 2.78 bits per heavy atom. The number of fused-ring (bicyclic) bond motifs is 1. The quantitative estimate of drug-likeness (QED) is 0.600. The van der Waals surface area contributed by atoms with Crippen molar-refractivity contribution >= 4 is 23.2 Å². The molecule has 0 bridgehead atoms. The number of ether oxygens (including phenoxy) is 1. The zero-order valence-corrected chi connectivity index (χ0v) is 18.6. The molecule has 4 rings (SSSR count). The number of amides is 2. The number of hydrogen-bond donors (Lipinski definition) is 2. The van der Waals surface area contributed by atoms with E-state index in [0.29, 0.717) is 40.9 Å². The summed E-state index contributed by atoms with van der Waals surface area (Å²) in [6.45, 7) is 3.98. The normalized spacial score (nSPS) is 15.2. The average molecular weight is 439 g/mol. The number of aromatic amines is 1. The van der Waals surface area contributed by atoms with Gasteiger partial charge in [0, 0.05) is 26.7 Å². The number of tetrazole rings is 1. The predicted molar refractivity (Wildman–Crippen MR) is 116 cm³/mol. The van der Waals surface area contributed by atoms with Crippen LogP contribution >= 0.6 is 0 Å². The smallest absolute Gasteiger partial charge is 0.290 e. The summed E-state index contributed by atoms with van der Waals surface area (Å²) in [4.78, 5) is 28.7. The first-order valence-electron chi connectivity index (χ1n) is 10.1. The van der Waals surface area contributed by atoms with Gasteiger partial charge >= 0.3 is 0 Å². The Balaban J connectivity index is 1.48. The maximum atomic E-state index is 12.9. The molecule has 1 aliphatic rings. The van der Waals surface area contributed by atoms with Crippen LogP contribution in [0.1, 0.15) is 28.2 Å². The molecule has 2 N–H and O–H groups in total. The molecular formula is C20H25N9O3. The van der Waals surface area contributed by atoms with Crippen LogP contribution in [0.4, 0.5) is 11.4 Å². The molecule has 12 nitrogen and oxygen atoms in total. The van der Waals surface area contributed by atoms with Crippen LogP contribution in [0.3, 0.4) is 0 Å². The molecule has 2 amide bonds. The molecule has 1 atom stereocenters. The summed E-state index contributed by atoms with van der Waals surface area (Å²) in [6, 6.07) is 5.14. The van der Waals surface area contributed by atoms with Crippen molar-refractivity contribution in [3.63, 3.8) is 0 Å². The summed E-state index contributed by atoms with van der Waals surface area (Å²) in [7, 11) is 5.31. The lowest BCUT2D eigenvalue weighted by Crippen LogP contribution is -2.42. The van der Waals surface area contributed by atoms with E-state index < -0.39 is 0 Å². The average Bonchev–Trinajstić information content (AvgIpc) is 3.39. The van der Waals surface area contributed by atoms with Gasteiger partial charge < -0.3 is 19.9 Å². The topological polar surface area (TPSA) is 134 Å². The third-order valence-corrected chi connectivity index (χ3v) is 5.47. The molecule has 12 heteroatoms. The lowest BCUT2D eigenvalue weighted by Gasteiger charge is -2.35. The first-order chi connectivity index (χ1) is 15.3. The van der Waals surface area contributed by atoms with Gasteiger partial charge in [0.1, 0.15) is 12.4 Å². The van der Waals surface area contributed by atoms with Crippen molar-refractivity contribution in [3.8, 4) is 11.7 Å². The summed E-state index contributed by atoms with van der Waals surface area (Å²) in [5.74, 6) is 0.720. The van der Waals surface area contributed by atoms with Gasteiger partial charge in [-0.2, -0.15) is 15.0 Å². The van der Waals surface area contributed by atoms with Gasteiger partial charge in [0.2, 0.25) is 5.91 Å². The van der Waals surface area contributed by atoms with Gasteiger partial charge in [0.15, 0.2) is 0 Å². The third kappa shape index (κ3) is 3.86. The molecular weight excluding hydrogens is 414 g/mol. The largest absolute Gasteiger partial charge is 0.489 e. The van der Waals surface area contributed by atoms with Gasteiger partial charge in [-0.1, -0.05) is 5.10 Å². The zero-order chi connectivity index (χ0) is 23.0.